The third-order valence-electron chi connectivity index (χ3n) is 6.02. The molecule has 2 aromatic carbocycles. The van der Waals surface area contributed by atoms with Crippen LogP contribution in [0.4, 0.5) is 0 Å². The van der Waals surface area contributed by atoms with Crippen molar-refractivity contribution < 1.29 is 14.3 Å². The van der Waals surface area contributed by atoms with Crippen LogP contribution in [-0.2, 0) is 14.3 Å². The van der Waals surface area contributed by atoms with E-state index in [1.807, 2.05) is 66.4 Å². The Hall–Kier alpha value is -2.70. The highest BCUT2D eigenvalue weighted by molar-refractivity contribution is 6.34. The number of ether oxygens (including phenoxy) is 1. The molecule has 0 aliphatic carbocycles. The van der Waals surface area contributed by atoms with Crippen LogP contribution in [0.3, 0.4) is 0 Å². The first kappa shape index (κ1) is 22.5. The quantitative estimate of drug-likeness (QED) is 0.612. The number of rotatable bonds is 6. The molecule has 0 bridgehead atoms. The lowest BCUT2D eigenvalue weighted by molar-refractivity contribution is -0.150. The van der Waals surface area contributed by atoms with E-state index in [1.165, 1.54) is 0 Å². The summed E-state index contributed by atoms with van der Waals surface area (Å²) in [5.74, 6) is -0.431. The number of piperidine rings is 1. The van der Waals surface area contributed by atoms with Crippen molar-refractivity contribution in [2.75, 3.05) is 26.2 Å². The van der Waals surface area contributed by atoms with Crippen LogP contribution in [0.15, 0.2) is 59.7 Å². The molecule has 2 aliphatic rings. The predicted molar refractivity (Wildman–Crippen MR) is 124 cm³/mol. The summed E-state index contributed by atoms with van der Waals surface area (Å²) in [5, 5.41) is 6.95. The monoisotopic (exact) mass is 453 g/mol. The maximum atomic E-state index is 13.4. The van der Waals surface area contributed by atoms with Crippen LogP contribution >= 0.6 is 11.6 Å². The summed E-state index contributed by atoms with van der Waals surface area (Å²) in [6, 6.07) is 17.4. The number of carbonyl (C=O) groups excluding carboxylic acids is 2. The van der Waals surface area contributed by atoms with Crippen LogP contribution in [0.1, 0.15) is 43.4 Å². The lowest BCUT2D eigenvalue weighted by Crippen LogP contribution is -2.44. The van der Waals surface area contributed by atoms with E-state index in [0.29, 0.717) is 24.6 Å². The van der Waals surface area contributed by atoms with Crippen molar-refractivity contribution in [3.05, 3.63) is 70.7 Å². The summed E-state index contributed by atoms with van der Waals surface area (Å²) in [5.41, 5.74) is 2.70. The fourth-order valence-electron chi connectivity index (χ4n) is 4.45. The number of esters is 1. The number of hydrazone groups is 1. The van der Waals surface area contributed by atoms with E-state index in [9.17, 15) is 9.59 Å². The number of amides is 1. The summed E-state index contributed by atoms with van der Waals surface area (Å²) in [6.45, 7) is 3.73. The topological polar surface area (TPSA) is 62.2 Å². The van der Waals surface area contributed by atoms with Gasteiger partial charge in [-0.25, -0.2) is 5.01 Å². The largest absolute Gasteiger partial charge is 0.466 e. The Labute approximate surface area is 193 Å². The zero-order valence-corrected chi connectivity index (χ0v) is 19.0. The van der Waals surface area contributed by atoms with Gasteiger partial charge in [0.2, 0.25) is 0 Å². The standard InChI is InChI=1S/C25H28ClN3O3/c1-2-32-25(31)19-11-8-14-28(16-19)17-24(30)29-23(18-9-4-3-5-10-18)15-22(27-29)20-12-6-7-13-21(20)26/h3-7,9-10,12-13,19,23H,2,8,11,14-17H2,1H3/t19-,23-/m0/s1. The lowest BCUT2D eigenvalue weighted by atomic mass is 9.97. The molecule has 0 radical (unpaired) electrons. The number of likely N-dealkylation sites (tertiary alicyclic amines) is 1. The Morgan fingerprint density at radius 1 is 1.12 bits per heavy atom. The first-order valence-electron chi connectivity index (χ1n) is 11.1. The first-order chi connectivity index (χ1) is 15.6. The van der Waals surface area contributed by atoms with Crippen LogP contribution in [0, 0.1) is 5.92 Å². The number of hydrogen-bond donors (Lipinski definition) is 0. The van der Waals surface area contributed by atoms with Gasteiger partial charge in [-0.2, -0.15) is 5.10 Å². The van der Waals surface area contributed by atoms with E-state index in [4.69, 9.17) is 21.4 Å². The van der Waals surface area contributed by atoms with Gasteiger partial charge in [0.1, 0.15) is 0 Å². The van der Waals surface area contributed by atoms with Crippen LogP contribution in [0.25, 0.3) is 0 Å². The fourth-order valence-corrected chi connectivity index (χ4v) is 4.69. The molecule has 2 heterocycles. The molecule has 1 saturated heterocycles. The van der Waals surface area contributed by atoms with Crippen LogP contribution in [0.5, 0.6) is 0 Å². The molecule has 4 rings (SSSR count). The molecule has 168 valence electrons. The molecule has 0 saturated carbocycles. The number of halogens is 1. The molecule has 1 amide bonds. The van der Waals surface area contributed by atoms with Crippen molar-refractivity contribution in [3.8, 4) is 0 Å². The third kappa shape index (κ3) is 5.03. The molecular formula is C25H28ClN3O3. The van der Waals surface area contributed by atoms with E-state index in [-0.39, 0.29) is 30.4 Å². The minimum atomic E-state index is -0.180. The highest BCUT2D eigenvalue weighted by atomic mass is 35.5. The summed E-state index contributed by atoms with van der Waals surface area (Å²) in [7, 11) is 0. The number of benzene rings is 2. The van der Waals surface area contributed by atoms with Crippen molar-refractivity contribution in [1.82, 2.24) is 9.91 Å². The summed E-state index contributed by atoms with van der Waals surface area (Å²) in [4.78, 5) is 27.6. The minimum absolute atomic E-state index is 0.0783. The molecule has 2 aromatic rings. The smallest absolute Gasteiger partial charge is 0.310 e. The first-order valence-corrected chi connectivity index (χ1v) is 11.5. The van der Waals surface area contributed by atoms with Crippen molar-refractivity contribution in [2.24, 2.45) is 11.0 Å². The number of hydrogen-bond acceptors (Lipinski definition) is 5. The van der Waals surface area contributed by atoms with Crippen molar-refractivity contribution >= 4 is 29.2 Å². The molecule has 0 aromatic heterocycles. The van der Waals surface area contributed by atoms with Gasteiger partial charge in [0.05, 0.1) is 30.8 Å². The molecule has 7 heteroatoms. The van der Waals surface area contributed by atoms with E-state index in [1.54, 1.807) is 5.01 Å². The third-order valence-corrected chi connectivity index (χ3v) is 6.35. The second-order valence-electron chi connectivity index (χ2n) is 8.22. The van der Waals surface area contributed by atoms with Gasteiger partial charge in [-0.1, -0.05) is 60.1 Å². The van der Waals surface area contributed by atoms with Crippen molar-refractivity contribution in [3.63, 3.8) is 0 Å². The molecule has 6 nitrogen and oxygen atoms in total. The van der Waals surface area contributed by atoms with Gasteiger partial charge in [0, 0.05) is 23.6 Å². The molecule has 1 fully saturated rings. The molecule has 0 N–H and O–H groups in total. The van der Waals surface area contributed by atoms with Gasteiger partial charge in [0.15, 0.2) is 0 Å². The minimum Gasteiger partial charge on any atom is -0.466 e. The lowest BCUT2D eigenvalue weighted by Gasteiger charge is -2.32. The predicted octanol–water partition coefficient (Wildman–Crippen LogP) is 4.29. The number of nitrogens with zero attached hydrogens (tertiary/aromatic N) is 3. The van der Waals surface area contributed by atoms with Gasteiger partial charge >= 0.3 is 5.97 Å². The zero-order chi connectivity index (χ0) is 22.5. The van der Waals surface area contributed by atoms with Gasteiger partial charge in [0.25, 0.3) is 5.91 Å². The van der Waals surface area contributed by atoms with Crippen LogP contribution in [-0.4, -0.2) is 53.7 Å². The van der Waals surface area contributed by atoms with E-state index >= 15 is 0 Å². The van der Waals surface area contributed by atoms with Crippen LogP contribution < -0.4 is 0 Å². The Kier molecular flexibility index (Phi) is 7.22. The van der Waals surface area contributed by atoms with E-state index in [0.717, 1.165) is 36.2 Å². The highest BCUT2D eigenvalue weighted by Crippen LogP contribution is 2.34. The van der Waals surface area contributed by atoms with Crippen LogP contribution in [0.2, 0.25) is 5.02 Å². The highest BCUT2D eigenvalue weighted by Gasteiger charge is 2.35. The van der Waals surface area contributed by atoms with Gasteiger partial charge in [-0.05, 0) is 37.9 Å². The molecule has 32 heavy (non-hydrogen) atoms. The molecule has 2 aliphatic heterocycles. The second kappa shape index (κ2) is 10.3. The second-order valence-corrected chi connectivity index (χ2v) is 8.63. The molecule has 0 spiro atoms. The summed E-state index contributed by atoms with van der Waals surface area (Å²) in [6.07, 6.45) is 2.27. The normalized spacial score (nSPS) is 21.3. The SMILES string of the molecule is CCOC(=O)[C@H]1CCCN(CC(=O)N2N=C(c3ccccc3Cl)C[C@H]2c2ccccc2)C1. The summed E-state index contributed by atoms with van der Waals surface area (Å²) < 4.78 is 5.19. The van der Waals surface area contributed by atoms with Gasteiger partial charge in [-0.15, -0.1) is 0 Å². The average molecular weight is 454 g/mol. The Balaban J connectivity index is 1.53. The molecular weight excluding hydrogens is 426 g/mol. The van der Waals surface area contributed by atoms with Crippen molar-refractivity contribution in [2.45, 2.75) is 32.2 Å². The Morgan fingerprint density at radius 3 is 2.62 bits per heavy atom. The average Bonchev–Trinajstić information content (AvgIpc) is 3.26. The van der Waals surface area contributed by atoms with E-state index in [2.05, 4.69) is 0 Å². The van der Waals surface area contributed by atoms with Crippen molar-refractivity contribution in [1.29, 1.82) is 0 Å². The number of carbonyl (C=O) groups is 2. The fraction of sp³-hybridized carbons (Fsp3) is 0.400. The van der Waals surface area contributed by atoms with Gasteiger partial charge < -0.3 is 4.74 Å². The van der Waals surface area contributed by atoms with Gasteiger partial charge in [-0.3, -0.25) is 14.5 Å². The van der Waals surface area contributed by atoms with E-state index < -0.39 is 0 Å². The zero-order valence-electron chi connectivity index (χ0n) is 18.2. The maximum absolute atomic E-state index is 13.4. The molecule has 2 atom stereocenters. The maximum Gasteiger partial charge on any atom is 0.310 e. The Bertz CT molecular complexity index is 995. The summed E-state index contributed by atoms with van der Waals surface area (Å²) >= 11 is 6.42. The Morgan fingerprint density at radius 2 is 1.88 bits per heavy atom. The molecule has 0 unspecified atom stereocenters.